The minimum Gasteiger partial charge on any atom is -0.381 e. The Kier molecular flexibility index (Phi) is 3.46. The molecular weight excluding hydrogens is 246 g/mol. The number of aldehydes is 1. The van der Waals surface area contributed by atoms with E-state index in [-0.39, 0.29) is 0 Å². The molecule has 0 aliphatic carbocycles. The number of rotatable bonds is 4. The summed E-state index contributed by atoms with van der Waals surface area (Å²) < 4.78 is 0. The van der Waals surface area contributed by atoms with Gasteiger partial charge in [-0.15, -0.1) is 0 Å². The third-order valence-corrected chi connectivity index (χ3v) is 3.45. The summed E-state index contributed by atoms with van der Waals surface area (Å²) in [4.78, 5) is 11.3. The normalized spacial score (nSPS) is 10.4. The zero-order valence-corrected chi connectivity index (χ0v) is 11.0. The number of benzene rings is 3. The maximum absolute atomic E-state index is 11.3. The molecule has 98 valence electrons. The number of hydrogen-bond acceptors (Lipinski definition) is 2. The van der Waals surface area contributed by atoms with E-state index in [0.29, 0.717) is 6.54 Å². The first-order chi connectivity index (χ1) is 9.88. The maximum Gasteiger partial charge on any atom is 0.150 e. The van der Waals surface area contributed by atoms with Crippen molar-refractivity contribution in [2.45, 2.75) is 6.54 Å². The van der Waals surface area contributed by atoms with Crippen molar-refractivity contribution < 1.29 is 4.79 Å². The van der Waals surface area contributed by atoms with Crippen LogP contribution in [-0.4, -0.2) is 6.29 Å². The average molecular weight is 261 g/mol. The first kappa shape index (κ1) is 12.4. The summed E-state index contributed by atoms with van der Waals surface area (Å²) in [5, 5.41) is 5.65. The molecule has 20 heavy (non-hydrogen) atoms. The summed E-state index contributed by atoms with van der Waals surface area (Å²) in [5.74, 6) is 0. The van der Waals surface area contributed by atoms with Crippen molar-refractivity contribution in [3.05, 3.63) is 77.9 Å². The van der Waals surface area contributed by atoms with Crippen LogP contribution in [0, 0.1) is 0 Å². The Morgan fingerprint density at radius 2 is 1.60 bits per heavy atom. The molecule has 0 unspecified atom stereocenters. The van der Waals surface area contributed by atoms with E-state index in [1.807, 2.05) is 54.6 Å². The fraction of sp³-hybridized carbons (Fsp3) is 0.0556. The van der Waals surface area contributed by atoms with Crippen LogP contribution >= 0.6 is 0 Å². The van der Waals surface area contributed by atoms with E-state index in [2.05, 4.69) is 17.4 Å². The van der Waals surface area contributed by atoms with Gasteiger partial charge in [0.25, 0.3) is 0 Å². The van der Waals surface area contributed by atoms with E-state index in [1.54, 1.807) is 0 Å². The topological polar surface area (TPSA) is 29.1 Å². The van der Waals surface area contributed by atoms with Crippen LogP contribution in [0.1, 0.15) is 15.9 Å². The zero-order valence-electron chi connectivity index (χ0n) is 11.0. The second-order valence-electron chi connectivity index (χ2n) is 4.69. The molecule has 0 amide bonds. The lowest BCUT2D eigenvalue weighted by molar-refractivity contribution is 0.112. The number of hydrogen-bond donors (Lipinski definition) is 1. The third kappa shape index (κ3) is 2.41. The molecule has 3 aromatic carbocycles. The molecule has 0 aliphatic heterocycles. The van der Waals surface area contributed by atoms with Crippen LogP contribution in [0.3, 0.4) is 0 Å². The van der Waals surface area contributed by atoms with Crippen molar-refractivity contribution in [1.29, 1.82) is 0 Å². The zero-order chi connectivity index (χ0) is 13.8. The van der Waals surface area contributed by atoms with Crippen LogP contribution in [0.4, 0.5) is 5.69 Å². The van der Waals surface area contributed by atoms with Crippen LogP contribution in [0.5, 0.6) is 0 Å². The largest absolute Gasteiger partial charge is 0.381 e. The van der Waals surface area contributed by atoms with E-state index >= 15 is 0 Å². The fourth-order valence-electron chi connectivity index (χ4n) is 2.41. The quantitative estimate of drug-likeness (QED) is 0.711. The number of carbonyl (C=O) groups is 1. The van der Waals surface area contributed by atoms with E-state index in [9.17, 15) is 4.79 Å². The molecule has 0 bridgehead atoms. The number of carbonyl (C=O) groups excluding carboxylic acids is 1. The number of anilines is 1. The SMILES string of the molecule is O=Cc1ccc2ccccc2c1CNc1ccccc1. The summed E-state index contributed by atoms with van der Waals surface area (Å²) in [5.41, 5.74) is 2.84. The highest BCUT2D eigenvalue weighted by molar-refractivity contribution is 5.93. The molecule has 0 heterocycles. The summed E-state index contributed by atoms with van der Waals surface area (Å²) in [7, 11) is 0. The van der Waals surface area contributed by atoms with Crippen molar-refractivity contribution in [3.8, 4) is 0 Å². The van der Waals surface area contributed by atoms with Crippen molar-refractivity contribution in [1.82, 2.24) is 0 Å². The van der Waals surface area contributed by atoms with Gasteiger partial charge in [-0.1, -0.05) is 54.6 Å². The number of para-hydroxylation sites is 1. The lowest BCUT2D eigenvalue weighted by atomic mass is 9.99. The predicted molar refractivity (Wildman–Crippen MR) is 83.1 cm³/mol. The number of fused-ring (bicyclic) bond motifs is 1. The average Bonchev–Trinajstić information content (AvgIpc) is 2.53. The van der Waals surface area contributed by atoms with Gasteiger partial charge in [0, 0.05) is 17.8 Å². The molecule has 0 radical (unpaired) electrons. The molecule has 0 spiro atoms. The minimum absolute atomic E-state index is 0.638. The first-order valence-electron chi connectivity index (χ1n) is 6.63. The summed E-state index contributed by atoms with van der Waals surface area (Å²) in [6, 6.07) is 22.0. The van der Waals surface area contributed by atoms with Crippen LogP contribution in [0.15, 0.2) is 66.7 Å². The Morgan fingerprint density at radius 1 is 0.850 bits per heavy atom. The molecule has 0 fully saturated rings. The second-order valence-corrected chi connectivity index (χ2v) is 4.69. The highest BCUT2D eigenvalue weighted by atomic mass is 16.1. The van der Waals surface area contributed by atoms with Gasteiger partial charge in [-0.2, -0.15) is 0 Å². The molecule has 2 nitrogen and oxygen atoms in total. The molecular formula is C18H15NO. The molecule has 0 saturated carbocycles. The van der Waals surface area contributed by atoms with Crippen LogP contribution in [0.2, 0.25) is 0 Å². The van der Waals surface area contributed by atoms with Gasteiger partial charge >= 0.3 is 0 Å². The van der Waals surface area contributed by atoms with Crippen molar-refractivity contribution >= 4 is 22.7 Å². The molecule has 1 N–H and O–H groups in total. The lowest BCUT2D eigenvalue weighted by Crippen LogP contribution is -2.03. The van der Waals surface area contributed by atoms with Gasteiger partial charge < -0.3 is 5.32 Å². The van der Waals surface area contributed by atoms with Crippen molar-refractivity contribution in [3.63, 3.8) is 0 Å². The highest BCUT2D eigenvalue weighted by Crippen LogP contribution is 2.22. The molecule has 2 heteroatoms. The molecule has 0 atom stereocenters. The molecule has 0 aromatic heterocycles. The first-order valence-corrected chi connectivity index (χ1v) is 6.63. The van der Waals surface area contributed by atoms with Gasteiger partial charge in [-0.3, -0.25) is 4.79 Å². The van der Waals surface area contributed by atoms with Gasteiger partial charge in [-0.25, -0.2) is 0 Å². The lowest BCUT2D eigenvalue weighted by Gasteiger charge is -2.11. The van der Waals surface area contributed by atoms with Crippen LogP contribution in [-0.2, 0) is 6.54 Å². The van der Waals surface area contributed by atoms with Crippen LogP contribution < -0.4 is 5.32 Å². The smallest absolute Gasteiger partial charge is 0.150 e. The minimum atomic E-state index is 0.638. The Morgan fingerprint density at radius 3 is 2.40 bits per heavy atom. The molecule has 3 rings (SSSR count). The highest BCUT2D eigenvalue weighted by Gasteiger charge is 2.06. The predicted octanol–water partition coefficient (Wildman–Crippen LogP) is 4.26. The van der Waals surface area contributed by atoms with Gasteiger partial charge in [0.05, 0.1) is 0 Å². The molecule has 0 saturated heterocycles. The molecule has 0 aliphatic rings. The van der Waals surface area contributed by atoms with E-state index in [4.69, 9.17) is 0 Å². The van der Waals surface area contributed by atoms with Gasteiger partial charge in [0.2, 0.25) is 0 Å². The maximum atomic E-state index is 11.3. The van der Waals surface area contributed by atoms with E-state index in [0.717, 1.165) is 33.9 Å². The summed E-state index contributed by atoms with van der Waals surface area (Å²) in [6.45, 7) is 0.638. The summed E-state index contributed by atoms with van der Waals surface area (Å²) >= 11 is 0. The third-order valence-electron chi connectivity index (χ3n) is 3.45. The van der Waals surface area contributed by atoms with E-state index in [1.165, 1.54) is 0 Å². The molecule has 3 aromatic rings. The standard InChI is InChI=1S/C18H15NO/c20-13-15-11-10-14-6-4-5-9-17(14)18(15)12-19-16-7-2-1-3-8-16/h1-11,13,19H,12H2. The second kappa shape index (κ2) is 5.57. The Bertz CT molecular complexity index is 735. The summed E-state index contributed by atoms with van der Waals surface area (Å²) in [6.07, 6.45) is 0.925. The van der Waals surface area contributed by atoms with E-state index < -0.39 is 0 Å². The van der Waals surface area contributed by atoms with Gasteiger partial charge in [0.1, 0.15) is 6.29 Å². The van der Waals surface area contributed by atoms with Crippen LogP contribution in [0.25, 0.3) is 10.8 Å². The van der Waals surface area contributed by atoms with Crippen molar-refractivity contribution in [2.24, 2.45) is 0 Å². The monoisotopic (exact) mass is 261 g/mol. The number of nitrogens with one attached hydrogen (secondary N) is 1. The fourth-order valence-corrected chi connectivity index (χ4v) is 2.41. The Labute approximate surface area is 118 Å². The van der Waals surface area contributed by atoms with Gasteiger partial charge in [-0.05, 0) is 28.5 Å². The van der Waals surface area contributed by atoms with Crippen molar-refractivity contribution in [2.75, 3.05) is 5.32 Å². The Balaban J connectivity index is 1.98. The Hall–Kier alpha value is -2.61. The van der Waals surface area contributed by atoms with Gasteiger partial charge in [0.15, 0.2) is 0 Å².